The summed E-state index contributed by atoms with van der Waals surface area (Å²) in [7, 11) is 0. The van der Waals surface area contributed by atoms with E-state index in [-0.39, 0.29) is 5.91 Å². The number of fused-ring (bicyclic) bond motifs is 3. The topological polar surface area (TPSA) is 62.1 Å². The molecule has 0 unspecified atom stereocenters. The van der Waals surface area contributed by atoms with Crippen LogP contribution in [0.1, 0.15) is 27.5 Å². The number of para-hydroxylation sites is 1. The highest BCUT2D eigenvalue weighted by Crippen LogP contribution is 2.28. The minimum Gasteiger partial charge on any atom is -0.438 e. The summed E-state index contributed by atoms with van der Waals surface area (Å²) in [5.41, 5.74) is 4.21. The molecular formula is C16H15N3O2. The van der Waals surface area contributed by atoms with E-state index in [2.05, 4.69) is 22.1 Å². The van der Waals surface area contributed by atoms with E-state index in [1.54, 1.807) is 6.92 Å². The number of H-pyrrole nitrogens is 1. The Morgan fingerprint density at radius 3 is 3.05 bits per heavy atom. The van der Waals surface area contributed by atoms with Gasteiger partial charge in [-0.05, 0) is 25.0 Å². The molecule has 1 aromatic carbocycles. The van der Waals surface area contributed by atoms with Crippen molar-refractivity contribution in [2.45, 2.75) is 19.9 Å². The average Bonchev–Trinajstić information content (AvgIpc) is 3.09. The van der Waals surface area contributed by atoms with Crippen molar-refractivity contribution in [1.82, 2.24) is 14.9 Å². The Bertz CT molecular complexity index is 831. The van der Waals surface area contributed by atoms with Gasteiger partial charge >= 0.3 is 0 Å². The van der Waals surface area contributed by atoms with E-state index in [1.807, 2.05) is 17.0 Å². The Morgan fingerprint density at radius 1 is 1.38 bits per heavy atom. The Kier molecular flexibility index (Phi) is 2.60. The fourth-order valence-corrected chi connectivity index (χ4v) is 3.02. The van der Waals surface area contributed by atoms with E-state index in [0.717, 1.165) is 17.6 Å². The zero-order chi connectivity index (χ0) is 14.4. The number of nitrogens with one attached hydrogen (secondary N) is 1. The lowest BCUT2D eigenvalue weighted by atomic mass is 10.0. The molecule has 0 saturated carbocycles. The van der Waals surface area contributed by atoms with Gasteiger partial charge in [0.05, 0.1) is 12.2 Å². The number of oxazole rings is 1. The minimum atomic E-state index is -0.0886. The molecule has 21 heavy (non-hydrogen) atoms. The van der Waals surface area contributed by atoms with Gasteiger partial charge in [0.25, 0.3) is 5.91 Å². The fraction of sp³-hybridized carbons (Fsp3) is 0.250. The Balaban J connectivity index is 1.68. The molecule has 5 heteroatoms. The van der Waals surface area contributed by atoms with Crippen molar-refractivity contribution in [2.75, 3.05) is 6.54 Å². The lowest BCUT2D eigenvalue weighted by Gasteiger charge is -2.26. The van der Waals surface area contributed by atoms with E-state index in [1.165, 1.54) is 17.3 Å². The molecule has 0 saturated heterocycles. The van der Waals surface area contributed by atoms with Crippen molar-refractivity contribution in [3.63, 3.8) is 0 Å². The molecular weight excluding hydrogens is 266 g/mol. The second-order valence-corrected chi connectivity index (χ2v) is 5.37. The summed E-state index contributed by atoms with van der Waals surface area (Å²) in [5.74, 6) is 0.254. The number of hydrogen-bond donors (Lipinski definition) is 1. The molecule has 4 rings (SSSR count). The molecule has 1 aliphatic heterocycles. The molecule has 0 radical (unpaired) electrons. The van der Waals surface area contributed by atoms with Crippen LogP contribution < -0.4 is 0 Å². The maximum absolute atomic E-state index is 12.5. The van der Waals surface area contributed by atoms with Gasteiger partial charge in [0.15, 0.2) is 6.39 Å². The van der Waals surface area contributed by atoms with Crippen molar-refractivity contribution in [2.24, 2.45) is 0 Å². The van der Waals surface area contributed by atoms with E-state index in [4.69, 9.17) is 4.42 Å². The summed E-state index contributed by atoms with van der Waals surface area (Å²) < 4.78 is 5.21. The van der Waals surface area contributed by atoms with Crippen molar-refractivity contribution >= 4 is 16.8 Å². The van der Waals surface area contributed by atoms with E-state index < -0.39 is 0 Å². The van der Waals surface area contributed by atoms with Crippen molar-refractivity contribution in [1.29, 1.82) is 0 Å². The summed E-state index contributed by atoms with van der Waals surface area (Å²) in [4.78, 5) is 21.7. The highest BCUT2D eigenvalue weighted by Gasteiger charge is 2.27. The minimum absolute atomic E-state index is 0.0886. The second kappa shape index (κ2) is 4.48. The first kappa shape index (κ1) is 12.2. The quantitative estimate of drug-likeness (QED) is 0.746. The number of amides is 1. The highest BCUT2D eigenvalue weighted by atomic mass is 16.3. The number of aryl methyl sites for hydroxylation is 1. The van der Waals surface area contributed by atoms with Crippen molar-refractivity contribution < 1.29 is 9.21 Å². The first-order chi connectivity index (χ1) is 10.2. The number of nitrogens with zero attached hydrogens (tertiary/aromatic N) is 2. The Labute approximate surface area is 121 Å². The molecule has 3 aromatic rings. The van der Waals surface area contributed by atoms with Gasteiger partial charge in [0.2, 0.25) is 5.76 Å². The molecule has 1 amide bonds. The molecule has 1 N–H and O–H groups in total. The molecule has 0 spiro atoms. The second-order valence-electron chi connectivity index (χ2n) is 5.37. The van der Waals surface area contributed by atoms with Crippen LogP contribution in [0.5, 0.6) is 0 Å². The third-order valence-corrected chi connectivity index (χ3v) is 4.11. The Hall–Kier alpha value is -2.56. The predicted octanol–water partition coefficient (Wildman–Crippen LogP) is 2.66. The lowest BCUT2D eigenvalue weighted by molar-refractivity contribution is 0.0699. The molecule has 0 fully saturated rings. The number of aromatic nitrogens is 2. The van der Waals surface area contributed by atoms with Crippen LogP contribution in [0.25, 0.3) is 10.9 Å². The summed E-state index contributed by atoms with van der Waals surface area (Å²) in [6.07, 6.45) is 2.18. The highest BCUT2D eigenvalue weighted by molar-refractivity contribution is 5.93. The molecule has 0 bridgehead atoms. The standard InChI is InChI=1S/C16H15N3O2/c1-10-15(21-9-17-10)16(20)19-7-6-12-11-4-2-3-5-13(11)18-14(12)8-19/h2-5,9,18H,6-8H2,1H3. The maximum Gasteiger partial charge on any atom is 0.291 e. The molecule has 5 nitrogen and oxygen atoms in total. The number of aromatic amines is 1. The molecule has 2 aromatic heterocycles. The summed E-state index contributed by atoms with van der Waals surface area (Å²) in [6, 6.07) is 8.26. The SMILES string of the molecule is Cc1ncoc1C(=O)N1CCc2c([nH]c3ccccc23)C1. The van der Waals surface area contributed by atoms with Gasteiger partial charge in [-0.2, -0.15) is 0 Å². The van der Waals surface area contributed by atoms with Crippen LogP contribution in [0.3, 0.4) is 0 Å². The van der Waals surface area contributed by atoms with E-state index >= 15 is 0 Å². The predicted molar refractivity (Wildman–Crippen MR) is 78.0 cm³/mol. The molecule has 0 atom stereocenters. The third kappa shape index (κ3) is 1.85. The zero-order valence-electron chi connectivity index (χ0n) is 11.7. The van der Waals surface area contributed by atoms with Crippen LogP contribution in [0.4, 0.5) is 0 Å². The van der Waals surface area contributed by atoms with Crippen LogP contribution in [-0.4, -0.2) is 27.3 Å². The van der Waals surface area contributed by atoms with Crippen molar-refractivity contribution in [3.05, 3.63) is 53.4 Å². The van der Waals surface area contributed by atoms with Gasteiger partial charge in [-0.3, -0.25) is 4.79 Å². The van der Waals surface area contributed by atoms with E-state index in [9.17, 15) is 4.79 Å². The van der Waals surface area contributed by atoms with Gasteiger partial charge in [0, 0.05) is 23.1 Å². The monoisotopic (exact) mass is 281 g/mol. The Morgan fingerprint density at radius 2 is 2.24 bits per heavy atom. The summed E-state index contributed by atoms with van der Waals surface area (Å²) in [6.45, 7) is 3.08. The molecule has 0 aliphatic carbocycles. The number of carbonyl (C=O) groups excluding carboxylic acids is 1. The van der Waals surface area contributed by atoms with Crippen LogP contribution in [0.15, 0.2) is 35.1 Å². The van der Waals surface area contributed by atoms with Gasteiger partial charge in [-0.15, -0.1) is 0 Å². The van der Waals surface area contributed by atoms with Gasteiger partial charge in [0.1, 0.15) is 0 Å². The summed E-state index contributed by atoms with van der Waals surface area (Å²) >= 11 is 0. The van der Waals surface area contributed by atoms with Gasteiger partial charge in [-0.1, -0.05) is 18.2 Å². The first-order valence-corrected chi connectivity index (χ1v) is 7.02. The zero-order valence-corrected chi connectivity index (χ0v) is 11.7. The first-order valence-electron chi connectivity index (χ1n) is 7.02. The lowest BCUT2D eigenvalue weighted by Crippen LogP contribution is -2.36. The van der Waals surface area contributed by atoms with Crippen LogP contribution >= 0.6 is 0 Å². The number of hydrogen-bond acceptors (Lipinski definition) is 3. The third-order valence-electron chi connectivity index (χ3n) is 4.11. The smallest absolute Gasteiger partial charge is 0.291 e. The number of carbonyl (C=O) groups is 1. The van der Waals surface area contributed by atoms with Crippen LogP contribution in [0, 0.1) is 6.92 Å². The van der Waals surface area contributed by atoms with Gasteiger partial charge in [-0.25, -0.2) is 4.98 Å². The van der Waals surface area contributed by atoms with Crippen molar-refractivity contribution in [3.8, 4) is 0 Å². The largest absolute Gasteiger partial charge is 0.438 e. The molecule has 106 valence electrons. The van der Waals surface area contributed by atoms with Crippen LogP contribution in [0.2, 0.25) is 0 Å². The molecule has 1 aliphatic rings. The average molecular weight is 281 g/mol. The van der Waals surface area contributed by atoms with Gasteiger partial charge < -0.3 is 14.3 Å². The van der Waals surface area contributed by atoms with Crippen LogP contribution in [-0.2, 0) is 13.0 Å². The molecule has 3 heterocycles. The number of benzene rings is 1. The maximum atomic E-state index is 12.5. The normalized spacial score (nSPS) is 14.4. The summed E-state index contributed by atoms with van der Waals surface area (Å²) in [5, 5.41) is 1.26. The number of rotatable bonds is 1. The van der Waals surface area contributed by atoms with E-state index in [0.29, 0.717) is 24.5 Å². The fourth-order valence-electron chi connectivity index (χ4n) is 3.02.